The van der Waals surface area contributed by atoms with Crippen molar-refractivity contribution >= 4 is 28.8 Å². The predicted molar refractivity (Wildman–Crippen MR) is 141 cm³/mol. The summed E-state index contributed by atoms with van der Waals surface area (Å²) in [7, 11) is 0. The van der Waals surface area contributed by atoms with Gasteiger partial charge in [-0.2, -0.15) is 5.10 Å². The monoisotopic (exact) mass is 507 g/mol. The Labute approximate surface area is 217 Å². The molecule has 36 heavy (non-hydrogen) atoms. The largest absolute Gasteiger partial charge is 0.391 e. The topological polar surface area (TPSA) is 83.3 Å². The molecular formula is C28H34ClN5O2. The van der Waals surface area contributed by atoms with Crippen LogP contribution in [0.15, 0.2) is 43.0 Å². The van der Waals surface area contributed by atoms with Crippen LogP contribution in [0.4, 0.5) is 5.69 Å². The standard InChI is InChI=1S/C28H34ClN5O2/c1-18-13-19(20-14-32-34(17-20)24-3-2-4-25(24)35)5-6-21(18)22-15-30-16-23(29)26(22)33-11-8-28(9-12-33)7-10-31-27(28)36/h5-6,13-18,21,24-25,35H,2-4,7-12H2,1H3,(H,31,36)/t18?,21?,24-,25-/m0/s1. The van der Waals surface area contributed by atoms with E-state index in [9.17, 15) is 9.90 Å². The Kier molecular flexibility index (Phi) is 6.16. The highest BCUT2D eigenvalue weighted by molar-refractivity contribution is 6.33. The molecule has 4 atom stereocenters. The number of anilines is 1. The number of aliphatic hydroxyl groups excluding tert-OH is 1. The first-order chi connectivity index (χ1) is 17.4. The summed E-state index contributed by atoms with van der Waals surface area (Å²) in [6, 6.07) is 0.0798. The molecule has 8 heteroatoms. The average Bonchev–Trinajstić information content (AvgIpc) is 3.61. The Morgan fingerprint density at radius 1 is 1.17 bits per heavy atom. The van der Waals surface area contributed by atoms with Gasteiger partial charge in [0.2, 0.25) is 5.91 Å². The maximum atomic E-state index is 12.5. The third-order valence-electron chi connectivity index (χ3n) is 8.88. The molecule has 3 fully saturated rings. The zero-order valence-corrected chi connectivity index (χ0v) is 21.5. The van der Waals surface area contributed by atoms with Crippen molar-refractivity contribution < 1.29 is 9.90 Å². The lowest BCUT2D eigenvalue weighted by atomic mass is 9.76. The van der Waals surface area contributed by atoms with Crippen LogP contribution in [0.1, 0.15) is 68.5 Å². The molecule has 0 bridgehead atoms. The summed E-state index contributed by atoms with van der Waals surface area (Å²) in [5.74, 6) is 0.629. The number of carbonyl (C=O) groups excluding carboxylic acids is 1. The van der Waals surface area contributed by atoms with Gasteiger partial charge in [0.05, 0.1) is 34.5 Å². The lowest BCUT2D eigenvalue weighted by Gasteiger charge is -2.40. The minimum atomic E-state index is -0.307. The third-order valence-corrected chi connectivity index (χ3v) is 9.16. The first-order valence-corrected chi connectivity index (χ1v) is 13.6. The lowest BCUT2D eigenvalue weighted by molar-refractivity contribution is -0.128. The number of rotatable bonds is 4. The Hall–Kier alpha value is -2.64. The van der Waals surface area contributed by atoms with Crippen molar-refractivity contribution in [3.8, 4) is 0 Å². The highest BCUT2D eigenvalue weighted by Gasteiger charge is 2.45. The first kappa shape index (κ1) is 23.7. The van der Waals surface area contributed by atoms with Gasteiger partial charge in [-0.1, -0.05) is 36.8 Å². The zero-order chi connectivity index (χ0) is 24.9. The molecule has 190 valence electrons. The van der Waals surface area contributed by atoms with Gasteiger partial charge in [-0.05, 0) is 50.0 Å². The molecule has 4 heterocycles. The van der Waals surface area contributed by atoms with Gasteiger partial charge < -0.3 is 15.3 Å². The van der Waals surface area contributed by atoms with Crippen LogP contribution < -0.4 is 10.2 Å². The minimum Gasteiger partial charge on any atom is -0.391 e. The van der Waals surface area contributed by atoms with E-state index < -0.39 is 0 Å². The van der Waals surface area contributed by atoms with E-state index in [1.165, 1.54) is 0 Å². The van der Waals surface area contributed by atoms with Gasteiger partial charge in [0.15, 0.2) is 0 Å². The van der Waals surface area contributed by atoms with E-state index in [0.717, 1.165) is 80.5 Å². The van der Waals surface area contributed by atoms with Crippen LogP contribution in [0, 0.1) is 11.3 Å². The molecule has 2 unspecified atom stereocenters. The molecule has 0 radical (unpaired) electrons. The van der Waals surface area contributed by atoms with Gasteiger partial charge in [0, 0.05) is 55.3 Å². The van der Waals surface area contributed by atoms with Crippen molar-refractivity contribution in [3.63, 3.8) is 0 Å². The van der Waals surface area contributed by atoms with Crippen molar-refractivity contribution in [2.24, 2.45) is 11.3 Å². The summed E-state index contributed by atoms with van der Waals surface area (Å²) < 4.78 is 1.94. The van der Waals surface area contributed by atoms with E-state index in [2.05, 4.69) is 51.6 Å². The Bertz CT molecular complexity index is 1210. The van der Waals surface area contributed by atoms with Crippen molar-refractivity contribution in [3.05, 3.63) is 59.2 Å². The number of hydrogen-bond donors (Lipinski definition) is 2. The van der Waals surface area contributed by atoms with E-state index in [-0.39, 0.29) is 35.3 Å². The molecule has 7 nitrogen and oxygen atoms in total. The number of piperidine rings is 1. The van der Waals surface area contributed by atoms with Crippen LogP contribution >= 0.6 is 11.6 Å². The van der Waals surface area contributed by atoms with Gasteiger partial charge >= 0.3 is 0 Å². The summed E-state index contributed by atoms with van der Waals surface area (Å²) in [4.78, 5) is 19.3. The zero-order valence-electron chi connectivity index (χ0n) is 20.7. The molecule has 0 aromatic carbocycles. The van der Waals surface area contributed by atoms with Gasteiger partial charge in [-0.25, -0.2) is 0 Å². The summed E-state index contributed by atoms with van der Waals surface area (Å²) in [6.45, 7) is 4.67. The van der Waals surface area contributed by atoms with Gasteiger partial charge in [0.25, 0.3) is 0 Å². The Morgan fingerprint density at radius 3 is 2.69 bits per heavy atom. The SMILES string of the molecule is CC1C=C(c2cnn([C@H]3CCC[C@@H]3O)c2)C=CC1c1cncc(Cl)c1N1CCC2(CCNC2=O)CC1. The van der Waals surface area contributed by atoms with E-state index in [1.807, 2.05) is 17.1 Å². The first-order valence-electron chi connectivity index (χ1n) is 13.2. The quantitative estimate of drug-likeness (QED) is 0.636. The fourth-order valence-corrected chi connectivity index (χ4v) is 6.96. The molecular weight excluding hydrogens is 474 g/mol. The Balaban J connectivity index is 1.22. The fourth-order valence-electron chi connectivity index (χ4n) is 6.67. The molecule has 1 saturated carbocycles. The second-order valence-electron chi connectivity index (χ2n) is 11.0. The summed E-state index contributed by atoms with van der Waals surface area (Å²) >= 11 is 6.76. The molecule has 1 spiro atoms. The summed E-state index contributed by atoms with van der Waals surface area (Å²) in [5.41, 5.74) is 4.22. The van der Waals surface area contributed by atoms with Crippen LogP contribution in [0.2, 0.25) is 5.02 Å². The molecule has 2 aromatic rings. The number of pyridine rings is 1. The Morgan fingerprint density at radius 2 is 2.00 bits per heavy atom. The van der Waals surface area contributed by atoms with E-state index >= 15 is 0 Å². The minimum absolute atomic E-state index is 0.0798. The predicted octanol–water partition coefficient (Wildman–Crippen LogP) is 4.50. The molecule has 2 N–H and O–H groups in total. The third kappa shape index (κ3) is 4.06. The van der Waals surface area contributed by atoms with Gasteiger partial charge in [-0.3, -0.25) is 14.5 Å². The van der Waals surface area contributed by atoms with Crippen molar-refractivity contribution in [1.29, 1.82) is 0 Å². The number of carbonyl (C=O) groups is 1. The number of halogens is 1. The second kappa shape index (κ2) is 9.34. The molecule has 6 rings (SSSR count). The molecule has 2 aliphatic heterocycles. The summed E-state index contributed by atoms with van der Waals surface area (Å²) in [5, 5.41) is 18.5. The number of hydrogen-bond acceptors (Lipinski definition) is 5. The normalized spacial score (nSPS) is 29.6. The number of aromatic nitrogens is 3. The van der Waals surface area contributed by atoms with Crippen LogP contribution in [-0.4, -0.2) is 51.5 Å². The van der Waals surface area contributed by atoms with Crippen molar-refractivity contribution in [1.82, 2.24) is 20.1 Å². The van der Waals surface area contributed by atoms with Crippen LogP contribution in [0.3, 0.4) is 0 Å². The number of allylic oxidation sites excluding steroid dienone is 4. The highest BCUT2D eigenvalue weighted by atomic mass is 35.5. The van der Waals surface area contributed by atoms with Crippen LogP contribution in [-0.2, 0) is 4.79 Å². The number of aliphatic hydroxyl groups is 1. The lowest BCUT2D eigenvalue weighted by Crippen LogP contribution is -2.44. The smallest absolute Gasteiger partial charge is 0.226 e. The number of nitrogens with zero attached hydrogens (tertiary/aromatic N) is 4. The maximum Gasteiger partial charge on any atom is 0.226 e. The molecule has 2 saturated heterocycles. The number of amides is 1. The summed E-state index contributed by atoms with van der Waals surface area (Å²) in [6.07, 6.45) is 19.6. The van der Waals surface area contributed by atoms with Crippen molar-refractivity contribution in [2.75, 3.05) is 24.5 Å². The molecule has 2 aromatic heterocycles. The molecule has 2 aliphatic carbocycles. The van der Waals surface area contributed by atoms with Crippen molar-refractivity contribution in [2.45, 2.75) is 63.5 Å². The highest BCUT2D eigenvalue weighted by Crippen LogP contribution is 2.45. The molecule has 4 aliphatic rings. The van der Waals surface area contributed by atoms with Gasteiger partial charge in [-0.15, -0.1) is 0 Å². The van der Waals surface area contributed by atoms with Gasteiger partial charge in [0.1, 0.15) is 0 Å². The van der Waals surface area contributed by atoms with E-state index in [4.69, 9.17) is 11.6 Å². The average molecular weight is 508 g/mol. The van der Waals surface area contributed by atoms with E-state index in [0.29, 0.717) is 5.02 Å². The molecule has 1 amide bonds. The fraction of sp³-hybridized carbons (Fsp3) is 0.536. The van der Waals surface area contributed by atoms with Crippen LogP contribution in [0.25, 0.3) is 5.57 Å². The maximum absolute atomic E-state index is 12.5. The second-order valence-corrected chi connectivity index (χ2v) is 11.4. The van der Waals surface area contributed by atoms with E-state index in [1.54, 1.807) is 6.20 Å². The number of nitrogens with one attached hydrogen (secondary N) is 1. The van der Waals surface area contributed by atoms with Crippen LogP contribution in [0.5, 0.6) is 0 Å².